The number of carbonyl (C=O) groups excluding carboxylic acids is 1. The second-order valence-electron chi connectivity index (χ2n) is 6.32. The van der Waals surface area contributed by atoms with Gasteiger partial charge in [-0.25, -0.2) is 4.39 Å². The number of halogens is 1. The molecule has 0 bridgehead atoms. The Kier molecular flexibility index (Phi) is 5.61. The van der Waals surface area contributed by atoms with E-state index in [0.717, 1.165) is 18.5 Å². The van der Waals surface area contributed by atoms with Crippen molar-refractivity contribution in [1.29, 1.82) is 0 Å². The van der Waals surface area contributed by atoms with E-state index in [4.69, 9.17) is 9.47 Å². The van der Waals surface area contributed by atoms with Crippen molar-refractivity contribution in [3.8, 4) is 11.5 Å². The number of methoxy groups -OCH3 is 2. The molecule has 26 heavy (non-hydrogen) atoms. The minimum atomic E-state index is -0.255. The molecular formula is C20H23FN2O3. The number of nitrogens with one attached hydrogen (secondary N) is 1. The largest absolute Gasteiger partial charge is 0.497 e. The van der Waals surface area contributed by atoms with Gasteiger partial charge in [-0.1, -0.05) is 6.07 Å². The molecule has 0 unspecified atom stereocenters. The van der Waals surface area contributed by atoms with Gasteiger partial charge in [-0.2, -0.15) is 0 Å². The Bertz CT molecular complexity index is 751. The molecule has 0 aliphatic carbocycles. The van der Waals surface area contributed by atoms with Gasteiger partial charge >= 0.3 is 0 Å². The summed E-state index contributed by atoms with van der Waals surface area (Å²) in [5.74, 6) is 0.895. The standard InChI is InChI=1S/C20H23FN2O3/c1-25-18-10-14(11-19(13-18)26-2)20(24)23-8-6-16(7-9-23)22-17-5-3-4-15(21)12-17/h3-5,10-13,16,22H,6-9H2,1-2H3. The number of hydrogen-bond acceptors (Lipinski definition) is 4. The Morgan fingerprint density at radius 3 is 2.31 bits per heavy atom. The Hall–Kier alpha value is -2.76. The molecule has 1 saturated heterocycles. The van der Waals surface area contributed by atoms with Crippen molar-refractivity contribution in [3.05, 3.63) is 53.8 Å². The summed E-state index contributed by atoms with van der Waals surface area (Å²) in [5.41, 5.74) is 1.32. The van der Waals surface area contributed by atoms with Crippen LogP contribution in [-0.4, -0.2) is 44.2 Å². The normalized spacial score (nSPS) is 14.8. The molecule has 6 heteroatoms. The van der Waals surface area contributed by atoms with Crippen molar-refractivity contribution in [3.63, 3.8) is 0 Å². The fourth-order valence-electron chi connectivity index (χ4n) is 3.15. The van der Waals surface area contributed by atoms with Gasteiger partial charge < -0.3 is 19.7 Å². The number of likely N-dealkylation sites (tertiary alicyclic amines) is 1. The minimum Gasteiger partial charge on any atom is -0.497 e. The highest BCUT2D eigenvalue weighted by Crippen LogP contribution is 2.25. The lowest BCUT2D eigenvalue weighted by Crippen LogP contribution is -2.42. The molecule has 1 amide bonds. The van der Waals surface area contributed by atoms with E-state index in [1.54, 1.807) is 38.5 Å². The lowest BCUT2D eigenvalue weighted by Gasteiger charge is -2.33. The van der Waals surface area contributed by atoms with Gasteiger partial charge in [0.2, 0.25) is 0 Å². The second-order valence-corrected chi connectivity index (χ2v) is 6.32. The van der Waals surface area contributed by atoms with E-state index >= 15 is 0 Å². The Balaban J connectivity index is 1.61. The van der Waals surface area contributed by atoms with Gasteiger partial charge in [0.1, 0.15) is 17.3 Å². The number of ether oxygens (including phenoxy) is 2. The van der Waals surface area contributed by atoms with Crippen LogP contribution < -0.4 is 14.8 Å². The van der Waals surface area contributed by atoms with Gasteiger partial charge in [0.15, 0.2) is 0 Å². The first kappa shape index (κ1) is 18.0. The van der Waals surface area contributed by atoms with Crippen molar-refractivity contribution in [2.75, 3.05) is 32.6 Å². The average molecular weight is 358 g/mol. The molecule has 1 aliphatic heterocycles. The lowest BCUT2D eigenvalue weighted by molar-refractivity contribution is 0.0717. The summed E-state index contributed by atoms with van der Waals surface area (Å²) < 4.78 is 23.8. The molecule has 2 aromatic rings. The van der Waals surface area contributed by atoms with E-state index in [0.29, 0.717) is 30.2 Å². The number of amides is 1. The highest BCUT2D eigenvalue weighted by Gasteiger charge is 2.24. The minimum absolute atomic E-state index is 0.0357. The van der Waals surface area contributed by atoms with E-state index < -0.39 is 0 Å². The molecule has 1 fully saturated rings. The Morgan fingerprint density at radius 1 is 1.08 bits per heavy atom. The van der Waals surface area contributed by atoms with Gasteiger partial charge in [0.05, 0.1) is 14.2 Å². The van der Waals surface area contributed by atoms with Crippen molar-refractivity contribution in [2.24, 2.45) is 0 Å². The highest BCUT2D eigenvalue weighted by atomic mass is 19.1. The van der Waals surface area contributed by atoms with Crippen LogP contribution in [0.3, 0.4) is 0 Å². The monoisotopic (exact) mass is 358 g/mol. The van der Waals surface area contributed by atoms with Gasteiger partial charge in [-0.3, -0.25) is 4.79 Å². The number of hydrogen-bond donors (Lipinski definition) is 1. The third-order valence-electron chi connectivity index (χ3n) is 4.58. The van der Waals surface area contributed by atoms with Crippen molar-refractivity contribution < 1.29 is 18.7 Å². The first-order chi connectivity index (χ1) is 12.6. The molecule has 1 heterocycles. The van der Waals surface area contributed by atoms with Gasteiger partial charge in [0.25, 0.3) is 5.91 Å². The van der Waals surface area contributed by atoms with Crippen LogP contribution in [0.5, 0.6) is 11.5 Å². The molecule has 0 aromatic heterocycles. The van der Waals surface area contributed by atoms with Crippen LogP contribution in [-0.2, 0) is 0 Å². The maximum Gasteiger partial charge on any atom is 0.254 e. The maximum absolute atomic E-state index is 13.3. The Labute approximate surface area is 152 Å². The van der Waals surface area contributed by atoms with Crippen LogP contribution in [0.25, 0.3) is 0 Å². The summed E-state index contributed by atoms with van der Waals surface area (Å²) in [6.45, 7) is 1.29. The molecule has 0 spiro atoms. The topological polar surface area (TPSA) is 50.8 Å². The maximum atomic E-state index is 13.3. The molecule has 5 nitrogen and oxygen atoms in total. The van der Waals surface area contributed by atoms with Crippen LogP contribution in [0.4, 0.5) is 10.1 Å². The summed E-state index contributed by atoms with van der Waals surface area (Å²) in [6.07, 6.45) is 1.62. The zero-order chi connectivity index (χ0) is 18.5. The molecule has 1 N–H and O–H groups in total. The highest BCUT2D eigenvalue weighted by molar-refractivity contribution is 5.95. The fourth-order valence-corrected chi connectivity index (χ4v) is 3.15. The number of rotatable bonds is 5. The van der Waals surface area contributed by atoms with E-state index in [2.05, 4.69) is 5.32 Å². The molecule has 3 rings (SSSR count). The summed E-state index contributed by atoms with van der Waals surface area (Å²) >= 11 is 0. The first-order valence-corrected chi connectivity index (χ1v) is 8.63. The van der Waals surface area contributed by atoms with Gasteiger partial charge in [0, 0.05) is 36.4 Å². The predicted molar refractivity (Wildman–Crippen MR) is 98.5 cm³/mol. The zero-order valence-electron chi connectivity index (χ0n) is 15.0. The SMILES string of the molecule is COc1cc(OC)cc(C(=O)N2CCC(Nc3cccc(F)c3)CC2)c1. The van der Waals surface area contributed by atoms with Gasteiger partial charge in [-0.05, 0) is 43.2 Å². The molecular weight excluding hydrogens is 335 g/mol. The second kappa shape index (κ2) is 8.08. The Morgan fingerprint density at radius 2 is 1.73 bits per heavy atom. The van der Waals surface area contributed by atoms with Crippen LogP contribution in [0.1, 0.15) is 23.2 Å². The first-order valence-electron chi connectivity index (χ1n) is 8.63. The molecule has 2 aromatic carbocycles. The van der Waals surface area contributed by atoms with Crippen molar-refractivity contribution in [2.45, 2.75) is 18.9 Å². The van der Waals surface area contributed by atoms with E-state index in [9.17, 15) is 9.18 Å². The average Bonchev–Trinajstić information content (AvgIpc) is 2.67. The van der Waals surface area contributed by atoms with Crippen molar-refractivity contribution in [1.82, 2.24) is 4.90 Å². The zero-order valence-corrected chi connectivity index (χ0v) is 15.0. The summed E-state index contributed by atoms with van der Waals surface area (Å²) in [5, 5.41) is 3.34. The quantitative estimate of drug-likeness (QED) is 0.888. The predicted octanol–water partition coefficient (Wildman–Crippen LogP) is 3.56. The van der Waals surface area contributed by atoms with E-state index in [1.807, 2.05) is 11.0 Å². The van der Waals surface area contributed by atoms with Gasteiger partial charge in [-0.15, -0.1) is 0 Å². The van der Waals surface area contributed by atoms with Crippen LogP contribution in [0.15, 0.2) is 42.5 Å². The summed E-state index contributed by atoms with van der Waals surface area (Å²) in [7, 11) is 3.12. The molecule has 0 radical (unpaired) electrons. The molecule has 0 saturated carbocycles. The number of anilines is 1. The van der Waals surface area contributed by atoms with Crippen LogP contribution in [0.2, 0.25) is 0 Å². The summed E-state index contributed by atoms with van der Waals surface area (Å²) in [4.78, 5) is 14.6. The van der Waals surface area contributed by atoms with Crippen LogP contribution >= 0.6 is 0 Å². The fraction of sp³-hybridized carbons (Fsp3) is 0.350. The van der Waals surface area contributed by atoms with E-state index in [-0.39, 0.29) is 17.8 Å². The number of carbonyl (C=O) groups is 1. The number of benzene rings is 2. The lowest BCUT2D eigenvalue weighted by atomic mass is 10.0. The summed E-state index contributed by atoms with van der Waals surface area (Å²) in [6, 6.07) is 11.9. The third kappa shape index (κ3) is 4.25. The molecule has 0 atom stereocenters. The molecule has 138 valence electrons. The van der Waals surface area contributed by atoms with E-state index in [1.165, 1.54) is 12.1 Å². The molecule has 1 aliphatic rings. The van der Waals surface area contributed by atoms with Crippen molar-refractivity contribution >= 4 is 11.6 Å². The van der Waals surface area contributed by atoms with Crippen LogP contribution in [0, 0.1) is 5.82 Å². The number of nitrogens with zero attached hydrogens (tertiary/aromatic N) is 1. The smallest absolute Gasteiger partial charge is 0.254 e. The number of piperidine rings is 1. The third-order valence-corrected chi connectivity index (χ3v) is 4.58.